The van der Waals surface area contributed by atoms with E-state index in [-0.39, 0.29) is 17.4 Å². The van der Waals surface area contributed by atoms with E-state index in [9.17, 15) is 9.59 Å². The highest BCUT2D eigenvalue weighted by Gasteiger charge is 2.42. The van der Waals surface area contributed by atoms with Crippen molar-refractivity contribution in [2.45, 2.75) is 32.4 Å². The molecule has 0 radical (unpaired) electrons. The summed E-state index contributed by atoms with van der Waals surface area (Å²) in [6.07, 6.45) is 0. The van der Waals surface area contributed by atoms with Crippen LogP contribution in [0.5, 0.6) is 0 Å². The first-order valence-corrected chi connectivity index (χ1v) is 9.08. The molecular weight excluding hydrogens is 336 g/mol. The van der Waals surface area contributed by atoms with Gasteiger partial charge in [0.25, 0.3) is 5.91 Å². The SMILES string of the molecule is CC(C)(C)NC(=O)[C@@H]1c2ccccc2C(=O)N1c1ccc2ccccc2c1. The molecule has 4 nitrogen and oxygen atoms in total. The topological polar surface area (TPSA) is 49.4 Å². The summed E-state index contributed by atoms with van der Waals surface area (Å²) in [6, 6.07) is 20.5. The molecule has 4 rings (SSSR count). The summed E-state index contributed by atoms with van der Waals surface area (Å²) in [5.74, 6) is -0.316. The number of benzene rings is 3. The Morgan fingerprint density at radius 2 is 1.59 bits per heavy atom. The van der Waals surface area contributed by atoms with Crippen LogP contribution >= 0.6 is 0 Å². The van der Waals surface area contributed by atoms with Crippen molar-refractivity contribution in [1.29, 1.82) is 0 Å². The van der Waals surface area contributed by atoms with Gasteiger partial charge < -0.3 is 5.32 Å². The van der Waals surface area contributed by atoms with Crippen LogP contribution < -0.4 is 10.2 Å². The molecule has 0 fully saturated rings. The number of carbonyl (C=O) groups is 2. The van der Waals surface area contributed by atoms with Crippen LogP contribution in [0.2, 0.25) is 0 Å². The van der Waals surface area contributed by atoms with Gasteiger partial charge in [-0.25, -0.2) is 0 Å². The monoisotopic (exact) mass is 358 g/mol. The summed E-state index contributed by atoms with van der Waals surface area (Å²) in [6.45, 7) is 5.82. The van der Waals surface area contributed by atoms with Crippen molar-refractivity contribution in [3.05, 3.63) is 77.9 Å². The van der Waals surface area contributed by atoms with Crippen molar-refractivity contribution in [3.8, 4) is 0 Å². The van der Waals surface area contributed by atoms with E-state index in [4.69, 9.17) is 0 Å². The Morgan fingerprint density at radius 1 is 0.926 bits per heavy atom. The molecule has 1 atom stereocenters. The van der Waals surface area contributed by atoms with Gasteiger partial charge in [0.2, 0.25) is 5.91 Å². The van der Waals surface area contributed by atoms with Gasteiger partial charge in [-0.15, -0.1) is 0 Å². The highest BCUT2D eigenvalue weighted by molar-refractivity contribution is 6.16. The number of carbonyl (C=O) groups excluding carboxylic acids is 2. The zero-order valence-corrected chi connectivity index (χ0v) is 15.7. The fourth-order valence-corrected chi connectivity index (χ4v) is 3.61. The predicted octanol–water partition coefficient (Wildman–Crippen LogP) is 4.46. The van der Waals surface area contributed by atoms with E-state index in [1.807, 2.05) is 81.4 Å². The van der Waals surface area contributed by atoms with Crippen molar-refractivity contribution < 1.29 is 9.59 Å². The van der Waals surface area contributed by atoms with Crippen LogP contribution in [0.15, 0.2) is 66.7 Å². The molecule has 2 amide bonds. The van der Waals surface area contributed by atoms with Crippen LogP contribution in [0.4, 0.5) is 5.69 Å². The minimum Gasteiger partial charge on any atom is -0.349 e. The third-order valence-corrected chi connectivity index (χ3v) is 4.72. The quantitative estimate of drug-likeness (QED) is 0.735. The molecule has 0 bridgehead atoms. The largest absolute Gasteiger partial charge is 0.349 e. The molecule has 136 valence electrons. The van der Waals surface area contributed by atoms with Crippen LogP contribution in [0.1, 0.15) is 42.7 Å². The van der Waals surface area contributed by atoms with Crippen molar-refractivity contribution in [3.63, 3.8) is 0 Å². The van der Waals surface area contributed by atoms with Gasteiger partial charge in [0.05, 0.1) is 0 Å². The average molecular weight is 358 g/mol. The second-order valence-electron chi connectivity index (χ2n) is 7.94. The van der Waals surface area contributed by atoms with Gasteiger partial charge in [-0.3, -0.25) is 14.5 Å². The molecule has 0 aliphatic carbocycles. The Bertz CT molecular complexity index is 1050. The first-order chi connectivity index (χ1) is 12.8. The molecule has 0 unspecified atom stereocenters. The van der Waals surface area contributed by atoms with Crippen LogP contribution in [0.3, 0.4) is 0 Å². The third-order valence-electron chi connectivity index (χ3n) is 4.72. The van der Waals surface area contributed by atoms with Gasteiger partial charge in [0.1, 0.15) is 6.04 Å². The zero-order valence-electron chi connectivity index (χ0n) is 15.7. The van der Waals surface area contributed by atoms with Crippen molar-refractivity contribution >= 4 is 28.3 Å². The zero-order chi connectivity index (χ0) is 19.2. The number of anilines is 1. The van der Waals surface area contributed by atoms with Crippen LogP contribution in [-0.2, 0) is 4.79 Å². The van der Waals surface area contributed by atoms with Gasteiger partial charge in [0, 0.05) is 16.8 Å². The van der Waals surface area contributed by atoms with E-state index in [1.165, 1.54) is 0 Å². The molecule has 3 aromatic carbocycles. The molecule has 1 heterocycles. The molecule has 0 saturated heterocycles. The Kier molecular flexibility index (Phi) is 3.99. The Hall–Kier alpha value is -3.14. The minimum absolute atomic E-state index is 0.144. The predicted molar refractivity (Wildman–Crippen MR) is 108 cm³/mol. The second-order valence-corrected chi connectivity index (χ2v) is 7.94. The first-order valence-electron chi connectivity index (χ1n) is 9.08. The lowest BCUT2D eigenvalue weighted by Crippen LogP contribution is -2.47. The highest BCUT2D eigenvalue weighted by Crippen LogP contribution is 2.38. The molecule has 0 saturated carbocycles. The van der Waals surface area contributed by atoms with Crippen LogP contribution in [-0.4, -0.2) is 17.4 Å². The summed E-state index contributed by atoms with van der Waals surface area (Å²) >= 11 is 0. The van der Waals surface area contributed by atoms with Gasteiger partial charge in [-0.1, -0.05) is 48.5 Å². The van der Waals surface area contributed by atoms with Crippen molar-refractivity contribution in [2.24, 2.45) is 0 Å². The molecule has 1 N–H and O–H groups in total. The van der Waals surface area contributed by atoms with E-state index in [2.05, 4.69) is 5.32 Å². The molecule has 1 aliphatic heterocycles. The third kappa shape index (κ3) is 3.08. The van der Waals surface area contributed by atoms with Crippen molar-refractivity contribution in [1.82, 2.24) is 5.32 Å². The van der Waals surface area contributed by atoms with E-state index < -0.39 is 6.04 Å². The maximum Gasteiger partial charge on any atom is 0.259 e. The van der Waals surface area contributed by atoms with Crippen molar-refractivity contribution in [2.75, 3.05) is 4.90 Å². The molecule has 4 heteroatoms. The molecular formula is C23H22N2O2. The summed E-state index contributed by atoms with van der Waals surface area (Å²) in [4.78, 5) is 27.9. The normalized spacial score (nSPS) is 16.5. The van der Waals surface area contributed by atoms with Crippen LogP contribution in [0.25, 0.3) is 10.8 Å². The van der Waals surface area contributed by atoms with E-state index in [0.29, 0.717) is 5.56 Å². The number of nitrogens with zero attached hydrogens (tertiary/aromatic N) is 1. The Labute approximate surface area is 158 Å². The fraction of sp³-hybridized carbons (Fsp3) is 0.217. The number of hydrogen-bond acceptors (Lipinski definition) is 2. The van der Waals surface area contributed by atoms with E-state index in [1.54, 1.807) is 11.0 Å². The van der Waals surface area contributed by atoms with E-state index >= 15 is 0 Å². The lowest BCUT2D eigenvalue weighted by Gasteiger charge is -2.29. The Balaban J connectivity index is 1.83. The maximum absolute atomic E-state index is 13.2. The molecule has 0 aromatic heterocycles. The minimum atomic E-state index is -0.672. The lowest BCUT2D eigenvalue weighted by atomic mass is 10.0. The molecule has 1 aliphatic rings. The summed E-state index contributed by atoms with van der Waals surface area (Å²) in [5.41, 5.74) is 1.67. The highest BCUT2D eigenvalue weighted by atomic mass is 16.2. The smallest absolute Gasteiger partial charge is 0.259 e. The first kappa shape index (κ1) is 17.3. The standard InChI is InChI=1S/C23H22N2O2/c1-23(2,3)24-21(26)20-18-10-6-7-11-19(18)22(27)25(20)17-13-12-15-8-4-5-9-16(15)14-17/h4-14,20H,1-3H3,(H,24,26)/t20-/m0/s1. The van der Waals surface area contributed by atoms with Gasteiger partial charge in [-0.05, 0) is 55.3 Å². The summed E-state index contributed by atoms with van der Waals surface area (Å²) in [7, 11) is 0. The molecule has 3 aromatic rings. The maximum atomic E-state index is 13.2. The summed E-state index contributed by atoms with van der Waals surface area (Å²) in [5, 5.41) is 5.16. The molecule has 27 heavy (non-hydrogen) atoms. The summed E-state index contributed by atoms with van der Waals surface area (Å²) < 4.78 is 0. The number of hydrogen-bond donors (Lipinski definition) is 1. The number of amides is 2. The number of rotatable bonds is 2. The Morgan fingerprint density at radius 3 is 2.33 bits per heavy atom. The van der Waals surface area contributed by atoms with E-state index in [0.717, 1.165) is 22.0 Å². The number of fused-ring (bicyclic) bond motifs is 2. The average Bonchev–Trinajstić information content (AvgIpc) is 2.93. The van der Waals surface area contributed by atoms with Gasteiger partial charge in [0.15, 0.2) is 0 Å². The lowest BCUT2D eigenvalue weighted by molar-refractivity contribution is -0.123. The number of nitrogens with one attached hydrogen (secondary N) is 1. The van der Waals surface area contributed by atoms with Crippen LogP contribution in [0, 0.1) is 0 Å². The second kappa shape index (κ2) is 6.23. The van der Waals surface area contributed by atoms with Gasteiger partial charge >= 0.3 is 0 Å². The fourth-order valence-electron chi connectivity index (χ4n) is 3.61. The van der Waals surface area contributed by atoms with Gasteiger partial charge in [-0.2, -0.15) is 0 Å². The molecule has 0 spiro atoms.